The summed E-state index contributed by atoms with van der Waals surface area (Å²) < 4.78 is 12.4. The Bertz CT molecular complexity index is 1460. The number of aromatic nitrogens is 3. The summed E-state index contributed by atoms with van der Waals surface area (Å²) in [6.07, 6.45) is 3.60. The minimum Gasteiger partial charge on any atom is -0.495 e. The van der Waals surface area contributed by atoms with Crippen LogP contribution in [0.5, 0.6) is 11.5 Å². The number of aryl methyl sites for hydroxylation is 1. The number of amides is 1. The van der Waals surface area contributed by atoms with E-state index in [-0.39, 0.29) is 39.7 Å². The molecule has 1 atom stereocenters. The summed E-state index contributed by atoms with van der Waals surface area (Å²) >= 11 is 13.4. The zero-order valence-corrected chi connectivity index (χ0v) is 24.8. The van der Waals surface area contributed by atoms with Crippen LogP contribution >= 0.6 is 23.2 Å². The standard InChI is InChI=1S/C28H34Cl2N6O5/c1-5-22(38)35-11-9-34(10-12-35)7-6-8-36-26-18(15-31-28(33-26)32-17(2)16-37)13-19(27(36)39)23-24(29)20(40-3)14-21(41-4)25(23)30/h5,13-15,17,37H,1,6-12,16H2,2-4H3,(H,31,32,33). The van der Waals surface area contributed by atoms with E-state index in [2.05, 4.69) is 26.8 Å². The van der Waals surface area contributed by atoms with Crippen molar-refractivity contribution in [3.05, 3.63) is 51.4 Å². The van der Waals surface area contributed by atoms with Gasteiger partial charge in [0.2, 0.25) is 11.9 Å². The van der Waals surface area contributed by atoms with Crippen molar-refractivity contribution in [1.82, 2.24) is 24.3 Å². The number of aliphatic hydroxyl groups excluding tert-OH is 1. The molecule has 3 heterocycles. The van der Waals surface area contributed by atoms with Crippen molar-refractivity contribution in [1.29, 1.82) is 0 Å². The number of carbonyl (C=O) groups is 1. The fraction of sp³-hybridized carbons (Fsp3) is 0.429. The van der Waals surface area contributed by atoms with E-state index in [4.69, 9.17) is 32.7 Å². The first-order valence-corrected chi connectivity index (χ1v) is 14.0. The van der Waals surface area contributed by atoms with E-state index < -0.39 is 0 Å². The zero-order chi connectivity index (χ0) is 29.7. The Balaban J connectivity index is 1.73. The van der Waals surface area contributed by atoms with Gasteiger partial charge in [-0.05, 0) is 32.0 Å². The fourth-order valence-corrected chi connectivity index (χ4v) is 5.48. The number of methoxy groups -OCH3 is 2. The molecule has 1 aliphatic heterocycles. The second kappa shape index (κ2) is 13.5. The molecule has 1 fully saturated rings. The number of piperazine rings is 1. The minimum atomic E-state index is -0.335. The summed E-state index contributed by atoms with van der Waals surface area (Å²) in [6, 6.07) is 2.95. The average Bonchev–Trinajstić information content (AvgIpc) is 2.98. The second-order valence-electron chi connectivity index (χ2n) is 9.72. The Morgan fingerprint density at radius 3 is 2.39 bits per heavy atom. The third kappa shape index (κ3) is 6.59. The van der Waals surface area contributed by atoms with Gasteiger partial charge in [0, 0.05) is 62.0 Å². The molecular formula is C28H34Cl2N6O5. The van der Waals surface area contributed by atoms with Gasteiger partial charge in [-0.15, -0.1) is 0 Å². The normalized spacial score (nSPS) is 14.6. The monoisotopic (exact) mass is 604 g/mol. The van der Waals surface area contributed by atoms with Gasteiger partial charge in [-0.25, -0.2) is 4.98 Å². The molecule has 220 valence electrons. The number of aliphatic hydroxyl groups is 1. The number of benzene rings is 1. The lowest BCUT2D eigenvalue weighted by Gasteiger charge is -2.34. The number of hydrogen-bond acceptors (Lipinski definition) is 9. The number of ether oxygens (including phenoxy) is 2. The summed E-state index contributed by atoms with van der Waals surface area (Å²) in [4.78, 5) is 39.0. The summed E-state index contributed by atoms with van der Waals surface area (Å²) in [5, 5.41) is 13.5. The van der Waals surface area contributed by atoms with Crippen LogP contribution in [0.15, 0.2) is 35.8 Å². The number of carbonyl (C=O) groups excluding carboxylic acids is 1. The highest BCUT2D eigenvalue weighted by Crippen LogP contribution is 2.45. The van der Waals surface area contributed by atoms with Gasteiger partial charge in [0.25, 0.3) is 5.56 Å². The van der Waals surface area contributed by atoms with Gasteiger partial charge >= 0.3 is 0 Å². The molecule has 11 nitrogen and oxygen atoms in total. The Labute approximate surface area is 248 Å². The Morgan fingerprint density at radius 1 is 1.15 bits per heavy atom. The largest absolute Gasteiger partial charge is 0.495 e. The fourth-order valence-electron chi connectivity index (χ4n) is 4.78. The van der Waals surface area contributed by atoms with Crippen molar-refractivity contribution in [2.24, 2.45) is 0 Å². The van der Waals surface area contributed by atoms with E-state index in [0.29, 0.717) is 60.1 Å². The lowest BCUT2D eigenvalue weighted by Crippen LogP contribution is -2.48. The van der Waals surface area contributed by atoms with Gasteiger partial charge in [-0.1, -0.05) is 29.8 Å². The molecule has 13 heteroatoms. The molecule has 1 saturated heterocycles. The second-order valence-corrected chi connectivity index (χ2v) is 10.5. The van der Waals surface area contributed by atoms with E-state index in [1.807, 2.05) is 0 Å². The third-order valence-corrected chi connectivity index (χ3v) is 7.78. The average molecular weight is 606 g/mol. The van der Waals surface area contributed by atoms with Crippen molar-refractivity contribution in [3.8, 4) is 22.6 Å². The molecule has 1 amide bonds. The lowest BCUT2D eigenvalue weighted by atomic mass is 10.0. The first-order chi connectivity index (χ1) is 19.7. The van der Waals surface area contributed by atoms with Crippen LogP contribution in [0.25, 0.3) is 22.2 Å². The molecule has 4 rings (SSSR count). The topological polar surface area (TPSA) is 122 Å². The highest BCUT2D eigenvalue weighted by molar-refractivity contribution is 6.41. The van der Waals surface area contributed by atoms with Gasteiger partial charge < -0.3 is 24.8 Å². The molecule has 1 aromatic carbocycles. The van der Waals surface area contributed by atoms with Crippen LogP contribution < -0.4 is 20.3 Å². The number of rotatable bonds is 11. The maximum Gasteiger partial charge on any atom is 0.260 e. The van der Waals surface area contributed by atoms with Crippen LogP contribution in [-0.4, -0.2) is 94.9 Å². The molecule has 2 N–H and O–H groups in total. The van der Waals surface area contributed by atoms with E-state index in [1.54, 1.807) is 34.7 Å². The highest BCUT2D eigenvalue weighted by Gasteiger charge is 2.24. The number of pyridine rings is 1. The Morgan fingerprint density at radius 2 is 1.80 bits per heavy atom. The molecule has 0 saturated carbocycles. The number of nitrogens with zero attached hydrogens (tertiary/aromatic N) is 5. The van der Waals surface area contributed by atoms with Crippen LogP contribution in [0.3, 0.4) is 0 Å². The summed E-state index contributed by atoms with van der Waals surface area (Å²) in [5.41, 5.74) is 0.654. The predicted octanol–water partition coefficient (Wildman–Crippen LogP) is 3.30. The minimum absolute atomic E-state index is 0.0643. The van der Waals surface area contributed by atoms with Crippen LogP contribution in [0.1, 0.15) is 13.3 Å². The number of hydrogen-bond donors (Lipinski definition) is 2. The number of halogens is 2. The van der Waals surface area contributed by atoms with E-state index in [1.165, 1.54) is 20.3 Å². The van der Waals surface area contributed by atoms with Crippen LogP contribution in [0, 0.1) is 0 Å². The van der Waals surface area contributed by atoms with Crippen molar-refractivity contribution >= 4 is 46.1 Å². The Kier molecular flexibility index (Phi) is 10.1. The summed E-state index contributed by atoms with van der Waals surface area (Å²) in [7, 11) is 2.94. The Hall–Kier alpha value is -3.38. The first kappa shape index (κ1) is 30.6. The van der Waals surface area contributed by atoms with Gasteiger partial charge in [0.1, 0.15) is 17.1 Å². The first-order valence-electron chi connectivity index (χ1n) is 13.2. The zero-order valence-electron chi connectivity index (χ0n) is 23.3. The number of fused-ring (bicyclic) bond motifs is 1. The van der Waals surface area contributed by atoms with Gasteiger partial charge in [0.15, 0.2) is 0 Å². The van der Waals surface area contributed by atoms with Gasteiger partial charge in [-0.3, -0.25) is 19.1 Å². The quantitative estimate of drug-likeness (QED) is 0.317. The molecule has 2 aromatic heterocycles. The molecule has 0 spiro atoms. The third-order valence-electron chi connectivity index (χ3n) is 7.03. The van der Waals surface area contributed by atoms with Crippen molar-refractivity contribution in [3.63, 3.8) is 0 Å². The molecule has 1 unspecified atom stereocenters. The van der Waals surface area contributed by atoms with Crippen molar-refractivity contribution in [2.75, 3.05) is 58.9 Å². The van der Waals surface area contributed by atoms with E-state index in [9.17, 15) is 14.7 Å². The molecule has 3 aromatic rings. The SMILES string of the molecule is C=CC(=O)N1CCN(CCCn2c(=O)c(-c3c(Cl)c(OC)cc(OC)c3Cl)cc3cnc(NC(C)CO)nc32)CC1. The number of anilines is 1. The summed E-state index contributed by atoms with van der Waals surface area (Å²) in [5.74, 6) is 0.862. The highest BCUT2D eigenvalue weighted by atomic mass is 35.5. The molecule has 1 aliphatic rings. The molecule has 0 radical (unpaired) electrons. The smallest absolute Gasteiger partial charge is 0.260 e. The molecule has 41 heavy (non-hydrogen) atoms. The number of nitrogens with one attached hydrogen (secondary N) is 1. The lowest BCUT2D eigenvalue weighted by molar-refractivity contribution is -0.127. The van der Waals surface area contributed by atoms with Crippen LogP contribution in [-0.2, 0) is 11.3 Å². The van der Waals surface area contributed by atoms with Crippen LogP contribution in [0.2, 0.25) is 10.0 Å². The van der Waals surface area contributed by atoms with E-state index in [0.717, 1.165) is 19.6 Å². The van der Waals surface area contributed by atoms with Gasteiger partial charge in [-0.2, -0.15) is 4.98 Å². The summed E-state index contributed by atoms with van der Waals surface area (Å²) in [6.45, 7) is 9.06. The molecule has 0 bridgehead atoms. The van der Waals surface area contributed by atoms with Crippen LogP contribution in [0.4, 0.5) is 5.95 Å². The predicted molar refractivity (Wildman–Crippen MR) is 160 cm³/mol. The van der Waals surface area contributed by atoms with Gasteiger partial charge in [0.05, 0.1) is 36.4 Å². The maximum absolute atomic E-state index is 14.1. The van der Waals surface area contributed by atoms with Crippen molar-refractivity contribution in [2.45, 2.75) is 25.9 Å². The molecule has 0 aliphatic carbocycles. The maximum atomic E-state index is 14.1. The van der Waals surface area contributed by atoms with Crippen molar-refractivity contribution < 1.29 is 19.4 Å². The van der Waals surface area contributed by atoms with E-state index >= 15 is 0 Å². The molecular weight excluding hydrogens is 571 g/mol.